The average molecular weight is 334 g/mol. The Morgan fingerprint density at radius 1 is 1.12 bits per heavy atom. The summed E-state index contributed by atoms with van der Waals surface area (Å²) in [6.07, 6.45) is 5.72. The average Bonchev–Trinajstić information content (AvgIpc) is 3.15. The van der Waals surface area contributed by atoms with Crippen LogP contribution in [0, 0.1) is 11.3 Å². The monoisotopic (exact) mass is 334 g/mol. The summed E-state index contributed by atoms with van der Waals surface area (Å²) in [5.74, 6) is -0.611. The molecular weight excluding hydrogens is 316 g/mol. The van der Waals surface area contributed by atoms with Crippen LogP contribution in [0.25, 0.3) is 0 Å². The van der Waals surface area contributed by atoms with Crippen LogP contribution >= 0.6 is 0 Å². The zero-order chi connectivity index (χ0) is 17.6. The quantitative estimate of drug-likeness (QED) is 0.899. The number of nitriles is 1. The highest BCUT2D eigenvalue weighted by atomic mass is 16.2. The molecule has 2 N–H and O–H groups in total. The van der Waals surface area contributed by atoms with Gasteiger partial charge in [0.05, 0.1) is 11.6 Å². The van der Waals surface area contributed by atoms with E-state index in [1.165, 1.54) is 12.3 Å². The smallest absolute Gasteiger partial charge is 0.274 e. The SMILES string of the molecule is N#Cc1cccc(NC(=O)c2cc(C(=O)NC3CCCC3)ccn2)c1. The summed E-state index contributed by atoms with van der Waals surface area (Å²) in [6.45, 7) is 0. The number of benzene rings is 1. The van der Waals surface area contributed by atoms with E-state index in [0.717, 1.165) is 25.7 Å². The Morgan fingerprint density at radius 2 is 1.92 bits per heavy atom. The molecule has 0 saturated heterocycles. The lowest BCUT2D eigenvalue weighted by Crippen LogP contribution is -2.32. The van der Waals surface area contributed by atoms with Gasteiger partial charge in [0, 0.05) is 23.5 Å². The third kappa shape index (κ3) is 4.21. The Labute approximate surface area is 145 Å². The maximum atomic E-state index is 12.3. The second-order valence-corrected chi connectivity index (χ2v) is 6.03. The number of aromatic nitrogens is 1. The van der Waals surface area contributed by atoms with E-state index in [1.807, 2.05) is 6.07 Å². The second kappa shape index (κ2) is 7.58. The number of pyridine rings is 1. The van der Waals surface area contributed by atoms with Crippen molar-refractivity contribution in [2.75, 3.05) is 5.32 Å². The van der Waals surface area contributed by atoms with Gasteiger partial charge < -0.3 is 10.6 Å². The van der Waals surface area contributed by atoms with Crippen LogP contribution < -0.4 is 10.6 Å². The summed E-state index contributed by atoms with van der Waals surface area (Å²) in [4.78, 5) is 28.7. The minimum absolute atomic E-state index is 0.154. The molecule has 2 amide bonds. The lowest BCUT2D eigenvalue weighted by atomic mass is 10.1. The molecule has 6 heteroatoms. The highest BCUT2D eigenvalue weighted by Gasteiger charge is 2.19. The molecule has 0 unspecified atom stereocenters. The first-order valence-corrected chi connectivity index (χ1v) is 8.24. The number of rotatable bonds is 4. The molecule has 1 aromatic heterocycles. The molecule has 3 rings (SSSR count). The molecule has 0 atom stereocenters. The Balaban J connectivity index is 1.70. The van der Waals surface area contributed by atoms with Gasteiger partial charge in [-0.15, -0.1) is 0 Å². The molecule has 1 saturated carbocycles. The van der Waals surface area contributed by atoms with E-state index in [2.05, 4.69) is 15.6 Å². The van der Waals surface area contributed by atoms with Gasteiger partial charge in [0.25, 0.3) is 11.8 Å². The fourth-order valence-electron chi connectivity index (χ4n) is 2.90. The zero-order valence-electron chi connectivity index (χ0n) is 13.7. The van der Waals surface area contributed by atoms with E-state index < -0.39 is 5.91 Å². The van der Waals surface area contributed by atoms with E-state index in [-0.39, 0.29) is 17.6 Å². The Bertz CT molecular complexity index is 835. The molecule has 6 nitrogen and oxygen atoms in total. The molecule has 1 aliphatic carbocycles. The highest BCUT2D eigenvalue weighted by Crippen LogP contribution is 2.18. The molecule has 1 heterocycles. The van der Waals surface area contributed by atoms with Crippen molar-refractivity contribution in [3.05, 3.63) is 59.4 Å². The van der Waals surface area contributed by atoms with Crippen LogP contribution in [0.1, 0.15) is 52.1 Å². The van der Waals surface area contributed by atoms with Crippen molar-refractivity contribution < 1.29 is 9.59 Å². The van der Waals surface area contributed by atoms with Gasteiger partial charge in [-0.3, -0.25) is 14.6 Å². The van der Waals surface area contributed by atoms with Crippen LogP contribution in [-0.2, 0) is 0 Å². The van der Waals surface area contributed by atoms with Crippen LogP contribution in [0.2, 0.25) is 0 Å². The number of carbonyl (C=O) groups is 2. The fourth-order valence-corrected chi connectivity index (χ4v) is 2.90. The Kier molecular flexibility index (Phi) is 5.05. The summed E-state index contributed by atoms with van der Waals surface area (Å²) in [6, 6.07) is 11.9. The van der Waals surface area contributed by atoms with Crippen molar-refractivity contribution >= 4 is 17.5 Å². The lowest BCUT2D eigenvalue weighted by molar-refractivity contribution is 0.0937. The first-order chi connectivity index (χ1) is 12.2. The first-order valence-electron chi connectivity index (χ1n) is 8.24. The highest BCUT2D eigenvalue weighted by molar-refractivity contribution is 6.04. The van der Waals surface area contributed by atoms with Gasteiger partial charge in [-0.1, -0.05) is 18.9 Å². The third-order valence-corrected chi connectivity index (χ3v) is 4.19. The summed E-state index contributed by atoms with van der Waals surface area (Å²) in [5.41, 5.74) is 1.53. The maximum absolute atomic E-state index is 12.3. The van der Waals surface area contributed by atoms with Gasteiger partial charge >= 0.3 is 0 Å². The molecule has 0 radical (unpaired) electrons. The molecule has 25 heavy (non-hydrogen) atoms. The molecule has 1 fully saturated rings. The lowest BCUT2D eigenvalue weighted by Gasteiger charge is -2.12. The molecular formula is C19H18N4O2. The van der Waals surface area contributed by atoms with Gasteiger partial charge in [-0.25, -0.2) is 0 Å². The molecule has 126 valence electrons. The van der Waals surface area contributed by atoms with Crippen LogP contribution in [-0.4, -0.2) is 22.8 Å². The standard InChI is InChI=1S/C19H18N4O2/c20-12-13-4-3-7-16(10-13)23-19(25)17-11-14(8-9-21-17)18(24)22-15-5-1-2-6-15/h3-4,7-11,15H,1-2,5-6H2,(H,22,24)(H,23,25). The number of hydrogen-bond acceptors (Lipinski definition) is 4. The van der Waals surface area contributed by atoms with Crippen molar-refractivity contribution in [3.63, 3.8) is 0 Å². The number of carbonyl (C=O) groups excluding carboxylic acids is 2. The van der Waals surface area contributed by atoms with Crippen molar-refractivity contribution in [1.29, 1.82) is 5.26 Å². The number of anilines is 1. The van der Waals surface area contributed by atoms with Gasteiger partial charge in [-0.05, 0) is 43.2 Å². The Morgan fingerprint density at radius 3 is 2.68 bits per heavy atom. The van der Waals surface area contributed by atoms with E-state index in [9.17, 15) is 9.59 Å². The Hall–Kier alpha value is -3.20. The molecule has 0 spiro atoms. The largest absolute Gasteiger partial charge is 0.349 e. The van der Waals surface area contributed by atoms with Gasteiger partial charge in [0.2, 0.25) is 0 Å². The minimum atomic E-state index is -0.425. The number of hydrogen-bond donors (Lipinski definition) is 2. The van der Waals surface area contributed by atoms with Crippen molar-refractivity contribution in [2.45, 2.75) is 31.7 Å². The molecule has 1 aliphatic rings. The predicted molar refractivity (Wildman–Crippen MR) is 93.1 cm³/mol. The van der Waals surface area contributed by atoms with Crippen LogP contribution in [0.5, 0.6) is 0 Å². The summed E-state index contributed by atoms with van der Waals surface area (Å²) >= 11 is 0. The molecule has 2 aromatic rings. The van der Waals surface area contributed by atoms with Gasteiger partial charge in [0.1, 0.15) is 5.69 Å². The first kappa shape index (κ1) is 16.7. The fraction of sp³-hybridized carbons (Fsp3) is 0.263. The summed E-state index contributed by atoms with van der Waals surface area (Å²) < 4.78 is 0. The predicted octanol–water partition coefficient (Wildman–Crippen LogP) is 2.88. The van der Waals surface area contributed by atoms with Gasteiger partial charge in [0.15, 0.2) is 0 Å². The number of amides is 2. The van der Waals surface area contributed by atoms with Crippen LogP contribution in [0.15, 0.2) is 42.6 Å². The van der Waals surface area contributed by atoms with Crippen LogP contribution in [0.4, 0.5) is 5.69 Å². The third-order valence-electron chi connectivity index (χ3n) is 4.19. The second-order valence-electron chi connectivity index (χ2n) is 6.03. The minimum Gasteiger partial charge on any atom is -0.349 e. The van der Waals surface area contributed by atoms with E-state index in [4.69, 9.17) is 5.26 Å². The number of nitrogens with one attached hydrogen (secondary N) is 2. The van der Waals surface area contributed by atoms with E-state index >= 15 is 0 Å². The van der Waals surface area contributed by atoms with Crippen molar-refractivity contribution in [1.82, 2.24) is 10.3 Å². The van der Waals surface area contributed by atoms with Crippen molar-refractivity contribution in [3.8, 4) is 6.07 Å². The van der Waals surface area contributed by atoms with Crippen molar-refractivity contribution in [2.24, 2.45) is 0 Å². The number of nitrogens with zero attached hydrogens (tertiary/aromatic N) is 2. The summed E-state index contributed by atoms with van der Waals surface area (Å²) in [7, 11) is 0. The van der Waals surface area contributed by atoms with E-state index in [0.29, 0.717) is 16.8 Å². The molecule has 1 aromatic carbocycles. The van der Waals surface area contributed by atoms with E-state index in [1.54, 1.807) is 30.3 Å². The normalized spacial score (nSPS) is 13.9. The maximum Gasteiger partial charge on any atom is 0.274 e. The molecule has 0 bridgehead atoms. The molecule has 0 aliphatic heterocycles. The van der Waals surface area contributed by atoms with Gasteiger partial charge in [-0.2, -0.15) is 5.26 Å². The summed E-state index contributed by atoms with van der Waals surface area (Å²) in [5, 5.41) is 14.6. The topological polar surface area (TPSA) is 94.9 Å². The zero-order valence-corrected chi connectivity index (χ0v) is 13.7. The van der Waals surface area contributed by atoms with Crippen LogP contribution in [0.3, 0.4) is 0 Å².